The number of allylic oxidation sites excluding steroid dienone is 1. The van der Waals surface area contributed by atoms with Gasteiger partial charge in [-0.05, 0) is 18.6 Å². The Balaban J connectivity index is 2.47. The lowest BCUT2D eigenvalue weighted by atomic mass is 10.0. The molecule has 0 aliphatic rings. The fraction of sp³-hybridized carbons (Fsp3) is 0.111. The van der Waals surface area contributed by atoms with Crippen LogP contribution in [-0.2, 0) is 4.74 Å². The Morgan fingerprint density at radius 1 is 1.19 bits per heavy atom. The molecule has 0 spiro atoms. The second kappa shape index (κ2) is 6.53. The highest BCUT2D eigenvalue weighted by Gasteiger charge is 2.26. The van der Waals surface area contributed by atoms with E-state index in [1.165, 1.54) is 7.11 Å². The third kappa shape index (κ3) is 2.76. The fourth-order valence-electron chi connectivity index (χ4n) is 2.63. The lowest BCUT2D eigenvalue weighted by Gasteiger charge is -2.08. The van der Waals surface area contributed by atoms with Crippen molar-refractivity contribution in [3.05, 3.63) is 58.6 Å². The Morgan fingerprint density at radius 3 is 2.50 bits per heavy atom. The van der Waals surface area contributed by atoms with Crippen LogP contribution in [0.1, 0.15) is 22.2 Å². The van der Waals surface area contributed by atoms with Crippen LogP contribution in [0.15, 0.2) is 24.9 Å². The highest BCUT2D eigenvalue weighted by atomic mass is 32.1. The maximum absolute atomic E-state index is 14.5. The summed E-state index contributed by atoms with van der Waals surface area (Å²) >= 11 is 0.792. The van der Waals surface area contributed by atoms with Crippen molar-refractivity contribution in [2.24, 2.45) is 0 Å². The first kappa shape index (κ1) is 18.1. The van der Waals surface area contributed by atoms with Crippen LogP contribution in [0.2, 0.25) is 0 Å². The van der Waals surface area contributed by atoms with Crippen LogP contribution in [0.5, 0.6) is 0 Å². The van der Waals surface area contributed by atoms with E-state index in [2.05, 4.69) is 11.6 Å². The molecule has 0 N–H and O–H groups in total. The largest absolute Gasteiger partial charge is 0.465 e. The number of esters is 1. The number of hydrogen-bond donors (Lipinski definition) is 0. The molecule has 134 valence electrons. The smallest absolute Gasteiger partial charge is 0.348 e. The number of ether oxygens (including phenoxy) is 1. The van der Waals surface area contributed by atoms with Gasteiger partial charge in [0, 0.05) is 22.8 Å². The SMILES string of the molecule is C=C(C)c1c(C(=O)OC)sc2c(-c3cc(F)cc(F)c3F)c(F)cnc12. The first-order valence-corrected chi connectivity index (χ1v) is 8.08. The number of carbonyl (C=O) groups excluding carboxylic acids is 1. The molecular formula is C18H11F4NO2S. The molecule has 3 rings (SSSR count). The third-order valence-electron chi connectivity index (χ3n) is 3.72. The Bertz CT molecular complexity index is 1070. The molecule has 0 aliphatic carbocycles. The normalized spacial score (nSPS) is 11.0. The van der Waals surface area contributed by atoms with E-state index in [1.54, 1.807) is 6.92 Å². The Kier molecular flexibility index (Phi) is 4.53. The van der Waals surface area contributed by atoms with Gasteiger partial charge in [-0.15, -0.1) is 11.3 Å². The van der Waals surface area contributed by atoms with Gasteiger partial charge in [0.25, 0.3) is 0 Å². The van der Waals surface area contributed by atoms with Crippen LogP contribution in [0.3, 0.4) is 0 Å². The number of halogens is 4. The van der Waals surface area contributed by atoms with Gasteiger partial charge in [0.2, 0.25) is 0 Å². The van der Waals surface area contributed by atoms with E-state index >= 15 is 0 Å². The number of hydrogen-bond acceptors (Lipinski definition) is 4. The molecule has 3 nitrogen and oxygen atoms in total. The van der Waals surface area contributed by atoms with Crippen LogP contribution in [-0.4, -0.2) is 18.1 Å². The van der Waals surface area contributed by atoms with Crippen molar-refractivity contribution in [3.8, 4) is 11.1 Å². The highest BCUT2D eigenvalue weighted by Crippen LogP contribution is 2.42. The first-order valence-electron chi connectivity index (χ1n) is 7.26. The molecule has 0 radical (unpaired) electrons. The molecule has 0 unspecified atom stereocenters. The van der Waals surface area contributed by atoms with Crippen LogP contribution >= 0.6 is 11.3 Å². The van der Waals surface area contributed by atoms with E-state index in [0.29, 0.717) is 23.3 Å². The molecule has 0 bridgehead atoms. The van der Waals surface area contributed by atoms with Gasteiger partial charge >= 0.3 is 5.97 Å². The van der Waals surface area contributed by atoms with Crippen LogP contribution < -0.4 is 0 Å². The summed E-state index contributed by atoms with van der Waals surface area (Å²) in [6.07, 6.45) is 0.806. The molecule has 0 aliphatic heterocycles. The lowest BCUT2D eigenvalue weighted by Crippen LogP contribution is -2.01. The first-order chi connectivity index (χ1) is 12.3. The average Bonchev–Trinajstić information content (AvgIpc) is 2.97. The van der Waals surface area contributed by atoms with Crippen molar-refractivity contribution in [1.29, 1.82) is 0 Å². The summed E-state index contributed by atoms with van der Waals surface area (Å²) in [4.78, 5) is 16.1. The van der Waals surface area contributed by atoms with Gasteiger partial charge in [0.15, 0.2) is 17.5 Å². The van der Waals surface area contributed by atoms with Gasteiger partial charge in [-0.3, -0.25) is 4.98 Å². The maximum atomic E-state index is 14.5. The van der Waals surface area contributed by atoms with Crippen molar-refractivity contribution in [2.45, 2.75) is 6.92 Å². The monoisotopic (exact) mass is 381 g/mol. The van der Waals surface area contributed by atoms with Gasteiger partial charge < -0.3 is 4.74 Å². The number of nitrogens with zero attached hydrogens (tertiary/aromatic N) is 1. The van der Waals surface area contributed by atoms with Crippen molar-refractivity contribution < 1.29 is 27.1 Å². The fourth-order valence-corrected chi connectivity index (χ4v) is 3.94. The minimum absolute atomic E-state index is 0.0623. The van der Waals surface area contributed by atoms with Crippen LogP contribution in [0.25, 0.3) is 26.9 Å². The van der Waals surface area contributed by atoms with Crippen molar-refractivity contribution in [3.63, 3.8) is 0 Å². The van der Waals surface area contributed by atoms with Crippen LogP contribution in [0.4, 0.5) is 17.6 Å². The average molecular weight is 381 g/mol. The predicted octanol–water partition coefficient (Wildman–Crippen LogP) is 5.34. The molecule has 26 heavy (non-hydrogen) atoms. The van der Waals surface area contributed by atoms with E-state index in [0.717, 1.165) is 17.5 Å². The molecule has 0 atom stereocenters. The number of thiophene rings is 1. The van der Waals surface area contributed by atoms with E-state index in [1.807, 2.05) is 0 Å². The molecule has 0 fully saturated rings. The zero-order valence-corrected chi connectivity index (χ0v) is 14.4. The van der Waals surface area contributed by atoms with Crippen molar-refractivity contribution in [2.75, 3.05) is 7.11 Å². The van der Waals surface area contributed by atoms with Gasteiger partial charge in [-0.25, -0.2) is 22.4 Å². The number of methoxy groups -OCH3 is 1. The highest BCUT2D eigenvalue weighted by molar-refractivity contribution is 7.21. The van der Waals surface area contributed by atoms with E-state index in [-0.39, 0.29) is 20.7 Å². The number of rotatable bonds is 3. The molecule has 1 aromatic carbocycles. The summed E-state index contributed by atoms with van der Waals surface area (Å²) in [5, 5.41) is 0. The minimum Gasteiger partial charge on any atom is -0.465 e. The van der Waals surface area contributed by atoms with E-state index in [4.69, 9.17) is 4.74 Å². The summed E-state index contributed by atoms with van der Waals surface area (Å²) in [5.74, 6) is -5.60. The Hall–Kier alpha value is -2.74. The van der Waals surface area contributed by atoms with Gasteiger partial charge in [0.1, 0.15) is 10.7 Å². The molecule has 2 heterocycles. The standard InChI is InChI=1S/C18H11F4NO2S/c1-7(2)12-15-16(26-17(12)18(24)25-3)13(11(21)6-23-15)9-4-8(19)5-10(20)14(9)22/h4-6H,1H2,2-3H3. The minimum atomic E-state index is -1.45. The molecule has 0 amide bonds. The van der Waals surface area contributed by atoms with Gasteiger partial charge in [-0.1, -0.05) is 6.58 Å². The number of aromatic nitrogens is 1. The molecule has 0 saturated heterocycles. The number of carbonyl (C=O) groups is 1. The summed E-state index contributed by atoms with van der Waals surface area (Å²) in [5.41, 5.74) is -0.0433. The molecule has 2 aromatic heterocycles. The van der Waals surface area contributed by atoms with Crippen molar-refractivity contribution in [1.82, 2.24) is 4.98 Å². The Labute approximate surface area is 149 Å². The number of pyridine rings is 1. The summed E-state index contributed by atoms with van der Waals surface area (Å²) in [7, 11) is 1.17. The third-order valence-corrected chi connectivity index (χ3v) is 4.89. The maximum Gasteiger partial charge on any atom is 0.348 e. The quantitative estimate of drug-likeness (QED) is 0.349. The van der Waals surface area contributed by atoms with Crippen LogP contribution in [0, 0.1) is 23.3 Å². The second-order valence-electron chi connectivity index (χ2n) is 5.49. The summed E-state index contributed by atoms with van der Waals surface area (Å²) < 4.78 is 60.7. The summed E-state index contributed by atoms with van der Waals surface area (Å²) in [6, 6.07) is 1.05. The van der Waals surface area contributed by atoms with E-state index < -0.39 is 34.8 Å². The zero-order chi connectivity index (χ0) is 19.2. The zero-order valence-electron chi connectivity index (χ0n) is 13.6. The lowest BCUT2D eigenvalue weighted by molar-refractivity contribution is 0.0606. The van der Waals surface area contributed by atoms with Gasteiger partial charge in [-0.2, -0.15) is 0 Å². The molecular weight excluding hydrogens is 370 g/mol. The molecule has 3 aromatic rings. The molecule has 0 saturated carbocycles. The number of fused-ring (bicyclic) bond motifs is 1. The number of benzene rings is 1. The molecule has 8 heteroatoms. The second-order valence-corrected chi connectivity index (χ2v) is 6.51. The predicted molar refractivity (Wildman–Crippen MR) is 90.9 cm³/mol. The Morgan fingerprint density at radius 2 is 1.88 bits per heavy atom. The summed E-state index contributed by atoms with van der Waals surface area (Å²) in [6.45, 7) is 5.38. The van der Waals surface area contributed by atoms with Gasteiger partial charge in [0.05, 0.1) is 23.5 Å². The van der Waals surface area contributed by atoms with Crippen molar-refractivity contribution >= 4 is 33.1 Å². The topological polar surface area (TPSA) is 39.2 Å². The van der Waals surface area contributed by atoms with E-state index in [9.17, 15) is 22.4 Å².